The van der Waals surface area contributed by atoms with Crippen LogP contribution in [-0.2, 0) is 4.79 Å². The molecule has 2 unspecified atom stereocenters. The fraction of sp³-hybridized carbons (Fsp3) is 0.769. The van der Waals surface area contributed by atoms with Crippen molar-refractivity contribution in [2.24, 2.45) is 5.73 Å². The molecule has 2 N–H and O–H groups in total. The Morgan fingerprint density at radius 1 is 1.59 bits per heavy atom. The zero-order chi connectivity index (χ0) is 12.8. The Balaban J connectivity index is 2.70. The Morgan fingerprint density at radius 2 is 2.29 bits per heavy atom. The van der Waals surface area contributed by atoms with Gasteiger partial charge < -0.3 is 15.5 Å². The number of hydrogen-bond acceptors (Lipinski definition) is 3. The summed E-state index contributed by atoms with van der Waals surface area (Å²) in [6, 6.07) is -0.129. The standard InChI is InChI=1S/C13H25N3O/c1-4-7-12(14)13(17)16-9-6-8-15(3)10-11(16)5-2/h4,11-12H,1,5-10,14H2,2-3H3. The van der Waals surface area contributed by atoms with Gasteiger partial charge in [0, 0.05) is 19.1 Å². The van der Waals surface area contributed by atoms with Crippen LogP contribution in [0.4, 0.5) is 0 Å². The topological polar surface area (TPSA) is 49.6 Å². The quantitative estimate of drug-likeness (QED) is 0.739. The van der Waals surface area contributed by atoms with Crippen molar-refractivity contribution in [2.45, 2.75) is 38.3 Å². The van der Waals surface area contributed by atoms with E-state index in [9.17, 15) is 4.79 Å². The molecule has 0 bridgehead atoms. The summed E-state index contributed by atoms with van der Waals surface area (Å²) in [5.74, 6) is 0.0760. The van der Waals surface area contributed by atoms with Gasteiger partial charge in [-0.1, -0.05) is 13.0 Å². The highest BCUT2D eigenvalue weighted by molar-refractivity contribution is 5.82. The van der Waals surface area contributed by atoms with E-state index >= 15 is 0 Å². The Bertz CT molecular complexity index is 267. The Hall–Kier alpha value is -0.870. The minimum atomic E-state index is -0.426. The second kappa shape index (κ2) is 6.77. The molecule has 1 amide bonds. The molecule has 0 aromatic heterocycles. The largest absolute Gasteiger partial charge is 0.337 e. The van der Waals surface area contributed by atoms with E-state index in [4.69, 9.17) is 5.73 Å². The van der Waals surface area contributed by atoms with Gasteiger partial charge in [0.15, 0.2) is 0 Å². The number of likely N-dealkylation sites (N-methyl/N-ethyl adjacent to an activating group) is 1. The highest BCUT2D eigenvalue weighted by atomic mass is 16.2. The smallest absolute Gasteiger partial charge is 0.240 e. The molecule has 1 saturated heterocycles. The average Bonchev–Trinajstić information content (AvgIpc) is 2.49. The third kappa shape index (κ3) is 3.82. The summed E-state index contributed by atoms with van der Waals surface area (Å²) in [5, 5.41) is 0. The van der Waals surface area contributed by atoms with Crippen LogP contribution >= 0.6 is 0 Å². The second-order valence-corrected chi connectivity index (χ2v) is 4.84. The van der Waals surface area contributed by atoms with E-state index in [1.165, 1.54) is 0 Å². The molecule has 1 aliphatic heterocycles. The molecule has 4 nitrogen and oxygen atoms in total. The first-order chi connectivity index (χ1) is 8.10. The van der Waals surface area contributed by atoms with Crippen LogP contribution in [0.3, 0.4) is 0 Å². The molecule has 0 aromatic rings. The summed E-state index contributed by atoms with van der Waals surface area (Å²) in [4.78, 5) is 16.5. The van der Waals surface area contributed by atoms with Gasteiger partial charge in [-0.15, -0.1) is 6.58 Å². The maximum atomic E-state index is 12.3. The van der Waals surface area contributed by atoms with Gasteiger partial charge in [-0.25, -0.2) is 0 Å². The number of rotatable bonds is 4. The van der Waals surface area contributed by atoms with Crippen LogP contribution in [0.5, 0.6) is 0 Å². The van der Waals surface area contributed by atoms with Crippen LogP contribution < -0.4 is 5.73 Å². The van der Waals surface area contributed by atoms with E-state index in [0.29, 0.717) is 12.5 Å². The van der Waals surface area contributed by atoms with Crippen LogP contribution in [0.1, 0.15) is 26.2 Å². The van der Waals surface area contributed by atoms with Gasteiger partial charge in [0.25, 0.3) is 0 Å². The lowest BCUT2D eigenvalue weighted by Gasteiger charge is -2.32. The summed E-state index contributed by atoms with van der Waals surface area (Å²) < 4.78 is 0. The predicted octanol–water partition coefficient (Wildman–Crippen LogP) is 0.833. The lowest BCUT2D eigenvalue weighted by molar-refractivity contribution is -0.134. The van der Waals surface area contributed by atoms with Gasteiger partial charge in [0.1, 0.15) is 0 Å². The van der Waals surface area contributed by atoms with Crippen molar-refractivity contribution in [3.8, 4) is 0 Å². The molecule has 1 rings (SSSR count). The number of hydrogen-bond donors (Lipinski definition) is 1. The molecule has 0 aliphatic carbocycles. The molecular formula is C13H25N3O. The monoisotopic (exact) mass is 239 g/mol. The highest BCUT2D eigenvalue weighted by Gasteiger charge is 2.28. The molecule has 0 spiro atoms. The zero-order valence-electron chi connectivity index (χ0n) is 11.1. The fourth-order valence-corrected chi connectivity index (χ4v) is 2.38. The van der Waals surface area contributed by atoms with Gasteiger partial charge in [-0.3, -0.25) is 4.79 Å². The maximum Gasteiger partial charge on any atom is 0.240 e. The van der Waals surface area contributed by atoms with E-state index in [1.54, 1.807) is 6.08 Å². The number of nitrogens with zero attached hydrogens (tertiary/aromatic N) is 2. The van der Waals surface area contributed by atoms with Crippen LogP contribution in [0, 0.1) is 0 Å². The van der Waals surface area contributed by atoms with Gasteiger partial charge in [-0.05, 0) is 32.9 Å². The van der Waals surface area contributed by atoms with Crippen LogP contribution in [-0.4, -0.2) is 54.5 Å². The van der Waals surface area contributed by atoms with Gasteiger partial charge >= 0.3 is 0 Å². The van der Waals surface area contributed by atoms with Gasteiger partial charge in [0.05, 0.1) is 6.04 Å². The van der Waals surface area contributed by atoms with Crippen molar-refractivity contribution in [2.75, 3.05) is 26.7 Å². The molecule has 0 radical (unpaired) electrons. The van der Waals surface area contributed by atoms with Crippen molar-refractivity contribution in [1.29, 1.82) is 0 Å². The lowest BCUT2D eigenvalue weighted by atomic mass is 10.1. The third-order valence-electron chi connectivity index (χ3n) is 3.39. The van der Waals surface area contributed by atoms with Crippen molar-refractivity contribution in [3.05, 3.63) is 12.7 Å². The SMILES string of the molecule is C=CCC(N)C(=O)N1CCCN(C)CC1CC. The molecule has 98 valence electrons. The number of amides is 1. The molecule has 17 heavy (non-hydrogen) atoms. The summed E-state index contributed by atoms with van der Waals surface area (Å²) in [6.07, 6.45) is 4.28. The van der Waals surface area contributed by atoms with Crippen molar-refractivity contribution >= 4 is 5.91 Å². The Labute approximate surface area is 104 Å². The van der Waals surface area contributed by atoms with Crippen molar-refractivity contribution in [3.63, 3.8) is 0 Å². The highest BCUT2D eigenvalue weighted by Crippen LogP contribution is 2.13. The first kappa shape index (κ1) is 14.2. The van der Waals surface area contributed by atoms with Crippen LogP contribution in [0.2, 0.25) is 0 Å². The van der Waals surface area contributed by atoms with Crippen LogP contribution in [0.25, 0.3) is 0 Å². The van der Waals surface area contributed by atoms with Crippen molar-refractivity contribution in [1.82, 2.24) is 9.80 Å². The molecule has 1 fully saturated rings. The molecule has 2 atom stereocenters. The van der Waals surface area contributed by atoms with Crippen LogP contribution in [0.15, 0.2) is 12.7 Å². The van der Waals surface area contributed by atoms with Gasteiger partial charge in [-0.2, -0.15) is 0 Å². The van der Waals surface area contributed by atoms with Gasteiger partial charge in [0.2, 0.25) is 5.91 Å². The predicted molar refractivity (Wildman–Crippen MR) is 70.7 cm³/mol. The second-order valence-electron chi connectivity index (χ2n) is 4.84. The minimum absolute atomic E-state index is 0.0760. The molecule has 4 heteroatoms. The lowest BCUT2D eigenvalue weighted by Crippen LogP contribution is -2.50. The first-order valence-corrected chi connectivity index (χ1v) is 6.45. The van der Waals surface area contributed by atoms with E-state index in [2.05, 4.69) is 25.5 Å². The number of carbonyl (C=O) groups excluding carboxylic acids is 1. The van der Waals surface area contributed by atoms with Crippen molar-refractivity contribution < 1.29 is 4.79 Å². The summed E-state index contributed by atoms with van der Waals surface area (Å²) >= 11 is 0. The zero-order valence-corrected chi connectivity index (χ0v) is 11.1. The van der Waals surface area contributed by atoms with E-state index in [0.717, 1.165) is 32.5 Å². The van der Waals surface area contributed by atoms with E-state index in [1.807, 2.05) is 4.90 Å². The van der Waals surface area contributed by atoms with E-state index < -0.39 is 6.04 Å². The molecule has 0 saturated carbocycles. The number of carbonyl (C=O) groups is 1. The Kier molecular flexibility index (Phi) is 5.65. The fourth-order valence-electron chi connectivity index (χ4n) is 2.38. The maximum absolute atomic E-state index is 12.3. The minimum Gasteiger partial charge on any atom is -0.337 e. The molecular weight excluding hydrogens is 214 g/mol. The molecule has 1 heterocycles. The summed E-state index contributed by atoms with van der Waals surface area (Å²) in [6.45, 7) is 8.59. The third-order valence-corrected chi connectivity index (χ3v) is 3.39. The molecule has 0 aromatic carbocycles. The first-order valence-electron chi connectivity index (χ1n) is 6.45. The average molecular weight is 239 g/mol. The van der Waals surface area contributed by atoms with E-state index in [-0.39, 0.29) is 5.91 Å². The molecule has 1 aliphatic rings. The summed E-state index contributed by atoms with van der Waals surface area (Å²) in [7, 11) is 2.11. The Morgan fingerprint density at radius 3 is 2.88 bits per heavy atom. The normalized spacial score (nSPS) is 24.2. The number of nitrogens with two attached hydrogens (primary N) is 1. The summed E-state index contributed by atoms with van der Waals surface area (Å²) in [5.41, 5.74) is 5.89.